The van der Waals surface area contributed by atoms with E-state index in [0.717, 1.165) is 23.9 Å². The zero-order valence-corrected chi connectivity index (χ0v) is 15.8. The third-order valence-electron chi connectivity index (χ3n) is 3.10. The highest BCUT2D eigenvalue weighted by Crippen LogP contribution is 2.28. The Hall–Kier alpha value is -1.39. The molecule has 0 aliphatic rings. The first-order chi connectivity index (χ1) is 12.3. The fourth-order valence-corrected chi connectivity index (χ4v) is 4.05. The van der Waals surface area contributed by atoms with Crippen LogP contribution in [-0.2, 0) is 10.0 Å². The number of aliphatic hydroxyl groups is 1. The van der Waals surface area contributed by atoms with Crippen LogP contribution in [0.5, 0.6) is 5.75 Å². The van der Waals surface area contributed by atoms with Crippen molar-refractivity contribution in [2.24, 2.45) is 0 Å². The topological polar surface area (TPSA) is 75.6 Å². The van der Waals surface area contributed by atoms with Gasteiger partial charge in [-0.3, -0.25) is 0 Å². The maximum Gasteiger partial charge on any atom is 0.240 e. The predicted octanol–water partition coefficient (Wildman–Crippen LogP) is 3.06. The smallest absolute Gasteiger partial charge is 0.240 e. The Morgan fingerprint density at radius 3 is 2.35 bits per heavy atom. The van der Waals surface area contributed by atoms with Crippen molar-refractivity contribution in [3.8, 4) is 5.75 Å². The van der Waals surface area contributed by atoms with Gasteiger partial charge in [0.2, 0.25) is 10.0 Å². The lowest BCUT2D eigenvalue weighted by atomic mass is 10.3. The minimum Gasteiger partial charge on any atom is -0.485 e. The Labute approximate surface area is 159 Å². The van der Waals surface area contributed by atoms with Gasteiger partial charge in [-0.1, -0.05) is 11.6 Å². The number of nitrogens with one attached hydrogen (secondary N) is 1. The molecule has 26 heavy (non-hydrogen) atoms. The Morgan fingerprint density at radius 2 is 1.77 bits per heavy atom. The summed E-state index contributed by atoms with van der Waals surface area (Å²) in [5.41, 5.74) is 0. The van der Waals surface area contributed by atoms with Crippen molar-refractivity contribution in [3.05, 3.63) is 53.1 Å². The molecule has 10 heteroatoms. The van der Waals surface area contributed by atoms with Crippen LogP contribution in [0.25, 0.3) is 0 Å². The zero-order chi connectivity index (χ0) is 19.2. The SMILES string of the molecule is O=S(=O)(NCCSc1cc(F)c(OCCO)c(F)c1)c1ccc(Cl)cc1. The number of hydrogen-bond acceptors (Lipinski definition) is 5. The Morgan fingerprint density at radius 1 is 1.15 bits per heavy atom. The molecule has 142 valence electrons. The average molecular weight is 424 g/mol. The van der Waals surface area contributed by atoms with Crippen LogP contribution in [0.2, 0.25) is 5.02 Å². The number of thioether (sulfide) groups is 1. The third kappa shape index (κ3) is 5.82. The Kier molecular flexibility index (Phi) is 7.66. The van der Waals surface area contributed by atoms with Crippen molar-refractivity contribution >= 4 is 33.4 Å². The normalized spacial score (nSPS) is 11.5. The molecule has 0 heterocycles. The highest BCUT2D eigenvalue weighted by Gasteiger charge is 2.15. The van der Waals surface area contributed by atoms with Crippen LogP contribution in [0.1, 0.15) is 0 Å². The van der Waals surface area contributed by atoms with Crippen LogP contribution in [0, 0.1) is 11.6 Å². The molecule has 2 rings (SSSR count). The van der Waals surface area contributed by atoms with Crippen LogP contribution in [0.15, 0.2) is 46.2 Å². The molecule has 2 aromatic carbocycles. The molecule has 0 unspecified atom stereocenters. The molecular weight excluding hydrogens is 408 g/mol. The maximum atomic E-state index is 13.8. The van der Waals surface area contributed by atoms with Crippen molar-refractivity contribution in [3.63, 3.8) is 0 Å². The number of halogens is 3. The predicted molar refractivity (Wildman–Crippen MR) is 96.3 cm³/mol. The van der Waals surface area contributed by atoms with E-state index in [1.54, 1.807) is 0 Å². The van der Waals surface area contributed by atoms with Crippen molar-refractivity contribution in [1.29, 1.82) is 0 Å². The van der Waals surface area contributed by atoms with Gasteiger partial charge in [0, 0.05) is 22.2 Å². The summed E-state index contributed by atoms with van der Waals surface area (Å²) < 4.78 is 59.0. The number of rotatable bonds is 9. The van der Waals surface area contributed by atoms with Crippen LogP contribution in [0.3, 0.4) is 0 Å². The van der Waals surface area contributed by atoms with E-state index in [1.807, 2.05) is 0 Å². The highest BCUT2D eigenvalue weighted by atomic mass is 35.5. The first-order valence-electron chi connectivity index (χ1n) is 7.44. The number of hydrogen-bond donors (Lipinski definition) is 2. The fourth-order valence-electron chi connectivity index (χ4n) is 1.95. The second-order valence-corrected chi connectivity index (χ2v) is 8.36. The van der Waals surface area contributed by atoms with Crippen LogP contribution < -0.4 is 9.46 Å². The number of aliphatic hydroxyl groups excluding tert-OH is 1. The highest BCUT2D eigenvalue weighted by molar-refractivity contribution is 7.99. The van der Waals surface area contributed by atoms with Gasteiger partial charge in [-0.15, -0.1) is 11.8 Å². The van der Waals surface area contributed by atoms with Crippen LogP contribution >= 0.6 is 23.4 Å². The lowest BCUT2D eigenvalue weighted by Gasteiger charge is -2.10. The summed E-state index contributed by atoms with van der Waals surface area (Å²) in [5, 5.41) is 9.06. The van der Waals surface area contributed by atoms with E-state index >= 15 is 0 Å². The molecule has 0 aromatic heterocycles. The van der Waals surface area contributed by atoms with E-state index in [2.05, 4.69) is 4.72 Å². The zero-order valence-electron chi connectivity index (χ0n) is 13.4. The van der Waals surface area contributed by atoms with Crippen molar-refractivity contribution in [1.82, 2.24) is 4.72 Å². The second kappa shape index (κ2) is 9.52. The van der Waals surface area contributed by atoms with Crippen LogP contribution in [-0.4, -0.2) is 39.0 Å². The summed E-state index contributed by atoms with van der Waals surface area (Å²) >= 11 is 6.81. The molecule has 0 aliphatic carbocycles. The van der Waals surface area contributed by atoms with E-state index in [9.17, 15) is 17.2 Å². The van der Waals surface area contributed by atoms with E-state index in [4.69, 9.17) is 21.4 Å². The molecular formula is C16H16ClF2NO4S2. The number of sulfonamides is 1. The molecule has 0 spiro atoms. The summed E-state index contributed by atoms with van der Waals surface area (Å²) in [6, 6.07) is 7.89. The van der Waals surface area contributed by atoms with E-state index in [-0.39, 0.29) is 30.4 Å². The quantitative estimate of drug-likeness (QED) is 0.479. The van der Waals surface area contributed by atoms with Crippen molar-refractivity contribution in [2.75, 3.05) is 25.5 Å². The first kappa shape index (κ1) is 20.9. The third-order valence-corrected chi connectivity index (χ3v) is 5.80. The van der Waals surface area contributed by atoms with E-state index in [1.165, 1.54) is 24.3 Å². The van der Waals surface area contributed by atoms with Gasteiger partial charge in [-0.05, 0) is 36.4 Å². The average Bonchev–Trinajstić information content (AvgIpc) is 2.58. The van der Waals surface area contributed by atoms with Gasteiger partial charge >= 0.3 is 0 Å². The summed E-state index contributed by atoms with van der Waals surface area (Å²) in [7, 11) is -3.68. The van der Waals surface area contributed by atoms with Gasteiger partial charge in [-0.25, -0.2) is 21.9 Å². The summed E-state index contributed by atoms with van der Waals surface area (Å²) in [6.45, 7) is -0.502. The lowest BCUT2D eigenvalue weighted by Crippen LogP contribution is -2.25. The summed E-state index contributed by atoms with van der Waals surface area (Å²) in [5.74, 6) is -2.06. The molecule has 0 amide bonds. The number of benzene rings is 2. The van der Waals surface area contributed by atoms with Gasteiger partial charge in [-0.2, -0.15) is 0 Å². The minimum atomic E-state index is -3.68. The van der Waals surface area contributed by atoms with E-state index < -0.39 is 27.4 Å². The van der Waals surface area contributed by atoms with Gasteiger partial charge < -0.3 is 9.84 Å². The molecule has 5 nitrogen and oxygen atoms in total. The summed E-state index contributed by atoms with van der Waals surface area (Å²) in [4.78, 5) is 0.372. The van der Waals surface area contributed by atoms with E-state index in [0.29, 0.717) is 9.92 Å². The molecule has 0 saturated heterocycles. The largest absolute Gasteiger partial charge is 0.485 e. The molecule has 0 atom stereocenters. The molecule has 0 radical (unpaired) electrons. The van der Waals surface area contributed by atoms with Crippen molar-refractivity contribution in [2.45, 2.75) is 9.79 Å². The monoisotopic (exact) mass is 423 g/mol. The maximum absolute atomic E-state index is 13.8. The van der Waals surface area contributed by atoms with Crippen LogP contribution in [0.4, 0.5) is 8.78 Å². The first-order valence-corrected chi connectivity index (χ1v) is 10.3. The molecule has 2 N–H and O–H groups in total. The lowest BCUT2D eigenvalue weighted by molar-refractivity contribution is 0.190. The molecule has 0 bridgehead atoms. The van der Waals surface area contributed by atoms with Crippen molar-refractivity contribution < 1.29 is 27.0 Å². The molecule has 2 aromatic rings. The molecule has 0 fully saturated rings. The Bertz CT molecular complexity index is 825. The second-order valence-electron chi connectivity index (χ2n) is 4.99. The fraction of sp³-hybridized carbons (Fsp3) is 0.250. The van der Waals surface area contributed by atoms with Gasteiger partial charge in [0.25, 0.3) is 0 Å². The minimum absolute atomic E-state index is 0.0711. The summed E-state index contributed by atoms with van der Waals surface area (Å²) in [6.07, 6.45) is 0. The number of ether oxygens (including phenoxy) is 1. The van der Waals surface area contributed by atoms with Gasteiger partial charge in [0.15, 0.2) is 17.4 Å². The van der Waals surface area contributed by atoms with Gasteiger partial charge in [0.1, 0.15) is 6.61 Å². The molecule has 0 aliphatic heterocycles. The standard InChI is InChI=1S/C16H16ClF2NO4S2/c17-11-1-3-13(4-2-11)26(22,23)20-5-8-25-12-9-14(18)16(15(19)10-12)24-7-6-21/h1-4,9-10,20-21H,5-8H2. The molecule has 0 saturated carbocycles. The van der Waals surface area contributed by atoms with Gasteiger partial charge in [0.05, 0.1) is 11.5 Å². The Balaban J connectivity index is 1.90.